The van der Waals surface area contributed by atoms with Gasteiger partial charge in [-0.3, -0.25) is 19.8 Å². The first-order valence-electron chi connectivity index (χ1n) is 12.2. The third-order valence-corrected chi connectivity index (χ3v) is 6.54. The van der Waals surface area contributed by atoms with Crippen molar-refractivity contribution in [1.29, 1.82) is 0 Å². The molecule has 0 spiro atoms. The number of hydrogen-bond acceptors (Lipinski definition) is 6. The Bertz CT molecular complexity index is 1270. The van der Waals surface area contributed by atoms with Gasteiger partial charge in [-0.1, -0.05) is 37.6 Å². The fraction of sp³-hybridized carbons (Fsp3) is 0.393. The fourth-order valence-electron chi connectivity index (χ4n) is 4.60. The minimum atomic E-state index is -1.22. The number of amides is 2. The van der Waals surface area contributed by atoms with E-state index >= 15 is 0 Å². The van der Waals surface area contributed by atoms with Crippen molar-refractivity contribution in [2.75, 3.05) is 19.6 Å². The van der Waals surface area contributed by atoms with Crippen molar-refractivity contribution >= 4 is 22.7 Å². The number of ether oxygens (including phenoxy) is 1. The normalized spacial score (nSPS) is 17.8. The predicted molar refractivity (Wildman–Crippen MR) is 137 cm³/mol. The summed E-state index contributed by atoms with van der Waals surface area (Å²) in [5.41, 5.74) is 10.1. The number of carbonyl (C=O) groups is 2. The Hall–Kier alpha value is -3.49. The molecule has 1 aromatic heterocycles. The maximum absolute atomic E-state index is 13.1. The molecule has 1 unspecified atom stereocenters. The molecule has 1 atom stereocenters. The van der Waals surface area contributed by atoms with Gasteiger partial charge in [-0.05, 0) is 62.1 Å². The Kier molecular flexibility index (Phi) is 7.28. The summed E-state index contributed by atoms with van der Waals surface area (Å²) in [5, 5.41) is 11.7. The Morgan fingerprint density at radius 1 is 1.19 bits per heavy atom. The highest BCUT2D eigenvalue weighted by Crippen LogP contribution is 2.32. The van der Waals surface area contributed by atoms with Crippen molar-refractivity contribution in [3.05, 3.63) is 70.9 Å². The van der Waals surface area contributed by atoms with E-state index in [1.165, 1.54) is 4.90 Å². The van der Waals surface area contributed by atoms with Crippen LogP contribution in [0.25, 0.3) is 10.9 Å². The van der Waals surface area contributed by atoms with Gasteiger partial charge >= 0.3 is 0 Å². The zero-order valence-corrected chi connectivity index (χ0v) is 21.3. The van der Waals surface area contributed by atoms with Gasteiger partial charge < -0.3 is 15.4 Å². The van der Waals surface area contributed by atoms with Crippen LogP contribution >= 0.6 is 0 Å². The fourth-order valence-corrected chi connectivity index (χ4v) is 4.60. The summed E-state index contributed by atoms with van der Waals surface area (Å²) >= 11 is 0. The molecule has 8 nitrogen and oxygen atoms in total. The van der Waals surface area contributed by atoms with Crippen molar-refractivity contribution in [2.24, 2.45) is 11.7 Å². The molecule has 1 fully saturated rings. The number of hydroxylamine groups is 2. The summed E-state index contributed by atoms with van der Waals surface area (Å²) < 4.78 is 6.06. The van der Waals surface area contributed by atoms with Crippen LogP contribution in [0, 0.1) is 19.8 Å². The number of hydrogen-bond donors (Lipinski definition) is 2. The largest absolute Gasteiger partial charge is 0.489 e. The van der Waals surface area contributed by atoms with E-state index in [-0.39, 0.29) is 24.9 Å². The van der Waals surface area contributed by atoms with E-state index in [0.29, 0.717) is 35.9 Å². The first kappa shape index (κ1) is 25.6. The van der Waals surface area contributed by atoms with Crippen LogP contribution in [-0.4, -0.2) is 51.6 Å². The standard InChI is InChI=1S/C28H34N4O4/c1-18(2)15-32(35)26(33)16-31-12-11-28(29,27(31)34)22-6-8-23(9-7-22)36-17-21-14-20(4)30-25-10-5-19(3)13-24(21)25/h5-10,13-14,18,35H,11-12,15-17,29H2,1-4H3. The van der Waals surface area contributed by atoms with Gasteiger partial charge in [-0.2, -0.15) is 0 Å². The second kappa shape index (κ2) is 10.2. The second-order valence-electron chi connectivity index (χ2n) is 10.1. The third-order valence-electron chi connectivity index (χ3n) is 6.54. The lowest BCUT2D eigenvalue weighted by atomic mass is 9.89. The number of benzene rings is 2. The summed E-state index contributed by atoms with van der Waals surface area (Å²) in [6, 6.07) is 15.4. The number of nitrogens with zero attached hydrogens (tertiary/aromatic N) is 3. The summed E-state index contributed by atoms with van der Waals surface area (Å²) in [5.74, 6) is -0.0524. The highest BCUT2D eigenvalue weighted by Gasteiger charge is 2.45. The van der Waals surface area contributed by atoms with Crippen LogP contribution in [0.3, 0.4) is 0 Å². The Morgan fingerprint density at radius 3 is 2.61 bits per heavy atom. The lowest BCUT2D eigenvalue weighted by Crippen LogP contribution is -2.48. The predicted octanol–water partition coefficient (Wildman–Crippen LogP) is 3.69. The van der Waals surface area contributed by atoms with Gasteiger partial charge in [0.15, 0.2) is 0 Å². The number of pyridine rings is 1. The van der Waals surface area contributed by atoms with Gasteiger partial charge in [0, 0.05) is 23.2 Å². The summed E-state index contributed by atoms with van der Waals surface area (Å²) in [4.78, 5) is 31.4. The Morgan fingerprint density at radius 2 is 1.92 bits per heavy atom. The van der Waals surface area contributed by atoms with Crippen molar-refractivity contribution in [3.8, 4) is 5.75 Å². The first-order valence-corrected chi connectivity index (χ1v) is 12.2. The van der Waals surface area contributed by atoms with Crippen LogP contribution in [0.5, 0.6) is 5.75 Å². The van der Waals surface area contributed by atoms with E-state index in [1.807, 2.05) is 51.1 Å². The highest BCUT2D eigenvalue weighted by atomic mass is 16.5. The molecule has 3 aromatic rings. The zero-order chi connectivity index (χ0) is 26.0. The molecule has 190 valence electrons. The van der Waals surface area contributed by atoms with E-state index in [4.69, 9.17) is 10.5 Å². The average Bonchev–Trinajstić information content (AvgIpc) is 3.12. The van der Waals surface area contributed by atoms with Gasteiger partial charge in [0.25, 0.3) is 5.91 Å². The molecule has 0 radical (unpaired) electrons. The number of aryl methyl sites for hydroxylation is 2. The number of likely N-dealkylation sites (tertiary alicyclic amines) is 1. The number of fused-ring (bicyclic) bond motifs is 1. The Labute approximate surface area is 211 Å². The minimum absolute atomic E-state index is 0.119. The minimum Gasteiger partial charge on any atom is -0.489 e. The molecule has 1 saturated heterocycles. The van der Waals surface area contributed by atoms with Crippen LogP contribution in [0.1, 0.15) is 42.7 Å². The van der Waals surface area contributed by atoms with Gasteiger partial charge in [0.05, 0.1) is 12.1 Å². The van der Waals surface area contributed by atoms with Gasteiger partial charge in [0.1, 0.15) is 24.4 Å². The van der Waals surface area contributed by atoms with Crippen LogP contribution in [0.4, 0.5) is 0 Å². The molecule has 36 heavy (non-hydrogen) atoms. The highest BCUT2D eigenvalue weighted by molar-refractivity contribution is 5.92. The lowest BCUT2D eigenvalue weighted by molar-refractivity contribution is -0.169. The topological polar surface area (TPSA) is 109 Å². The molecule has 2 heterocycles. The molecule has 3 N–H and O–H groups in total. The monoisotopic (exact) mass is 490 g/mol. The van der Waals surface area contributed by atoms with Crippen molar-refractivity contribution < 1.29 is 19.5 Å². The summed E-state index contributed by atoms with van der Waals surface area (Å²) in [6.45, 7) is 8.58. The van der Waals surface area contributed by atoms with Gasteiger partial charge in [-0.25, -0.2) is 5.06 Å². The third kappa shape index (κ3) is 5.34. The number of aromatic nitrogens is 1. The Balaban J connectivity index is 1.43. The smallest absolute Gasteiger partial charge is 0.265 e. The number of carbonyl (C=O) groups excluding carboxylic acids is 2. The van der Waals surface area contributed by atoms with Crippen LogP contribution < -0.4 is 10.5 Å². The average molecular weight is 491 g/mol. The second-order valence-corrected chi connectivity index (χ2v) is 10.1. The molecule has 8 heteroatoms. The molecule has 2 amide bonds. The molecular formula is C28H34N4O4. The maximum Gasteiger partial charge on any atom is 0.265 e. The molecule has 1 aliphatic rings. The van der Waals surface area contributed by atoms with E-state index in [1.54, 1.807) is 12.1 Å². The number of nitrogens with two attached hydrogens (primary N) is 1. The summed E-state index contributed by atoms with van der Waals surface area (Å²) in [6.07, 6.45) is 0.385. The quantitative estimate of drug-likeness (QED) is 0.368. The van der Waals surface area contributed by atoms with E-state index in [0.717, 1.165) is 27.7 Å². The lowest BCUT2D eigenvalue weighted by Gasteiger charge is -2.25. The van der Waals surface area contributed by atoms with Crippen LogP contribution in [0.2, 0.25) is 0 Å². The van der Waals surface area contributed by atoms with Crippen LogP contribution in [-0.2, 0) is 21.7 Å². The van der Waals surface area contributed by atoms with E-state index in [9.17, 15) is 14.8 Å². The van der Waals surface area contributed by atoms with Gasteiger partial charge in [0.2, 0.25) is 5.91 Å². The van der Waals surface area contributed by atoms with Crippen molar-refractivity contribution in [2.45, 2.75) is 46.3 Å². The molecule has 2 aromatic carbocycles. The SMILES string of the molecule is Cc1ccc2nc(C)cc(COc3ccc(C4(N)CCN(CC(=O)N(O)CC(C)C)C4=O)cc3)c2c1. The first-order chi connectivity index (χ1) is 17.1. The molecule has 4 rings (SSSR count). The van der Waals surface area contributed by atoms with Gasteiger partial charge in [-0.15, -0.1) is 0 Å². The van der Waals surface area contributed by atoms with Crippen molar-refractivity contribution in [3.63, 3.8) is 0 Å². The molecule has 0 saturated carbocycles. The number of rotatable bonds is 8. The molecule has 0 aliphatic carbocycles. The zero-order valence-electron chi connectivity index (χ0n) is 21.3. The molecule has 1 aliphatic heterocycles. The molecular weight excluding hydrogens is 456 g/mol. The van der Waals surface area contributed by atoms with E-state index < -0.39 is 11.4 Å². The van der Waals surface area contributed by atoms with Crippen molar-refractivity contribution in [1.82, 2.24) is 14.9 Å². The van der Waals surface area contributed by atoms with E-state index in [2.05, 4.69) is 18.0 Å². The van der Waals surface area contributed by atoms with Crippen LogP contribution in [0.15, 0.2) is 48.5 Å². The summed E-state index contributed by atoms with van der Waals surface area (Å²) in [7, 11) is 0. The molecule has 0 bridgehead atoms. The maximum atomic E-state index is 13.1.